The number of hydrogen-bond acceptors (Lipinski definition) is 3. The summed E-state index contributed by atoms with van der Waals surface area (Å²) in [6.07, 6.45) is 0. The number of carbonyl (C=O) groups is 1. The van der Waals surface area contributed by atoms with Gasteiger partial charge >= 0.3 is 5.97 Å². The molecule has 0 saturated heterocycles. The molecular weight excluding hydrogens is 136 g/mol. The van der Waals surface area contributed by atoms with Gasteiger partial charge in [-0.15, -0.1) is 5.10 Å². The summed E-state index contributed by atoms with van der Waals surface area (Å²) >= 11 is 0. The molecule has 6 heteroatoms. The molecule has 0 saturated carbocycles. The normalized spacial score (nSPS) is 12.3. The first-order valence-electron chi connectivity index (χ1n) is 2.51. The Morgan fingerprint density at radius 1 is 1.70 bits per heavy atom. The third-order valence-electron chi connectivity index (χ3n) is 0.472. The van der Waals surface area contributed by atoms with E-state index >= 15 is 0 Å². The summed E-state index contributed by atoms with van der Waals surface area (Å²) in [6.45, 7) is 1.15. The van der Waals surface area contributed by atoms with Crippen molar-refractivity contribution in [2.75, 3.05) is 6.54 Å². The van der Waals surface area contributed by atoms with Crippen LogP contribution in [0.15, 0.2) is 15.4 Å². The minimum absolute atomic E-state index is 0.245. The van der Waals surface area contributed by atoms with Gasteiger partial charge in [0.2, 0.25) is 0 Å². The average molecular weight is 144 g/mol. The van der Waals surface area contributed by atoms with E-state index in [2.05, 4.69) is 15.4 Å². The van der Waals surface area contributed by atoms with Crippen molar-refractivity contribution < 1.29 is 9.90 Å². The van der Waals surface area contributed by atoms with E-state index in [0.717, 1.165) is 0 Å². The van der Waals surface area contributed by atoms with Crippen LogP contribution in [0.1, 0.15) is 6.92 Å². The monoisotopic (exact) mass is 144 g/mol. The molecule has 0 aliphatic carbocycles. The predicted octanol–water partition coefficient (Wildman–Crippen LogP) is -0.185. The molecule has 0 spiro atoms. The Morgan fingerprint density at radius 3 is 2.70 bits per heavy atom. The molecule has 0 radical (unpaired) electrons. The predicted molar refractivity (Wildman–Crippen MR) is 34.7 cm³/mol. The number of aliphatic carboxylic acids is 1. The molecule has 0 aromatic rings. The van der Waals surface area contributed by atoms with E-state index in [1.54, 1.807) is 0 Å². The van der Waals surface area contributed by atoms with Gasteiger partial charge in [-0.25, -0.2) is 0 Å². The lowest BCUT2D eigenvalue weighted by atomic mass is 10.7. The highest BCUT2D eigenvalue weighted by atomic mass is 16.4. The molecule has 56 valence electrons. The van der Waals surface area contributed by atoms with E-state index in [0.29, 0.717) is 0 Å². The van der Waals surface area contributed by atoms with Crippen LogP contribution in [0.2, 0.25) is 0 Å². The Balaban J connectivity index is 3.58. The van der Waals surface area contributed by atoms with Gasteiger partial charge in [0.05, 0.1) is 0 Å². The van der Waals surface area contributed by atoms with Gasteiger partial charge in [-0.3, -0.25) is 4.79 Å². The Labute approximate surface area is 57.4 Å². The van der Waals surface area contributed by atoms with Crippen molar-refractivity contribution in [3.05, 3.63) is 0 Å². The van der Waals surface area contributed by atoms with E-state index < -0.39 is 5.97 Å². The zero-order valence-electron chi connectivity index (χ0n) is 5.48. The van der Waals surface area contributed by atoms with Crippen molar-refractivity contribution in [1.29, 1.82) is 0 Å². The average Bonchev–Trinajstić information content (AvgIpc) is 1.79. The van der Waals surface area contributed by atoms with E-state index in [4.69, 9.17) is 10.8 Å². The highest BCUT2D eigenvalue weighted by Crippen LogP contribution is 1.77. The number of hydrogen-bond donors (Lipinski definition) is 2. The first kappa shape index (κ1) is 8.54. The van der Waals surface area contributed by atoms with Gasteiger partial charge in [0.15, 0.2) is 6.54 Å². The lowest BCUT2D eigenvalue weighted by Gasteiger charge is -1.81. The molecule has 0 rings (SSSR count). The van der Waals surface area contributed by atoms with E-state index in [9.17, 15) is 4.79 Å². The second-order valence-corrected chi connectivity index (χ2v) is 1.52. The maximum Gasteiger partial charge on any atom is 0.327 e. The fourth-order valence-electron chi connectivity index (χ4n) is 0.194. The molecule has 0 aliphatic heterocycles. The third kappa shape index (κ3) is 6.54. The van der Waals surface area contributed by atoms with E-state index in [1.165, 1.54) is 6.92 Å². The van der Waals surface area contributed by atoms with Gasteiger partial charge in [-0.1, -0.05) is 0 Å². The maximum atomic E-state index is 9.81. The van der Waals surface area contributed by atoms with Gasteiger partial charge in [-0.2, -0.15) is 5.11 Å². The van der Waals surface area contributed by atoms with Crippen LogP contribution >= 0.6 is 0 Å². The van der Waals surface area contributed by atoms with E-state index in [1.807, 2.05) is 0 Å². The molecule has 0 fully saturated rings. The molecule has 10 heavy (non-hydrogen) atoms. The van der Waals surface area contributed by atoms with Crippen LogP contribution in [0, 0.1) is 0 Å². The van der Waals surface area contributed by atoms with Crippen LogP contribution in [0.4, 0.5) is 0 Å². The third-order valence-corrected chi connectivity index (χ3v) is 0.472. The Bertz CT molecular complexity index is 170. The standard InChI is InChI=1S/C4H8N4O2/c1-3(5)7-8-6-2-4(9)10/h2H2,1H3,(H,9,10)(H2,5,6,7). The molecular formula is C4H8N4O2. The van der Waals surface area contributed by atoms with Crippen molar-refractivity contribution >= 4 is 11.8 Å². The number of carboxylic acids is 1. The highest BCUT2D eigenvalue weighted by Gasteiger charge is 1.89. The highest BCUT2D eigenvalue weighted by molar-refractivity contribution is 5.77. The summed E-state index contributed by atoms with van der Waals surface area (Å²) in [5, 5.41) is 17.6. The number of nitrogens with zero attached hydrogens (tertiary/aromatic N) is 3. The zero-order valence-corrected chi connectivity index (χ0v) is 5.48. The fraction of sp³-hybridized carbons (Fsp3) is 0.500. The van der Waals surface area contributed by atoms with Gasteiger partial charge in [0, 0.05) is 0 Å². The van der Waals surface area contributed by atoms with Crippen LogP contribution in [0.25, 0.3) is 0 Å². The molecule has 6 nitrogen and oxygen atoms in total. The fourth-order valence-corrected chi connectivity index (χ4v) is 0.194. The molecule has 3 N–H and O–H groups in total. The second-order valence-electron chi connectivity index (χ2n) is 1.52. The molecule has 0 aliphatic rings. The van der Waals surface area contributed by atoms with Gasteiger partial charge in [0.1, 0.15) is 5.84 Å². The Kier molecular flexibility index (Phi) is 3.78. The summed E-state index contributed by atoms with van der Waals surface area (Å²) in [4.78, 5) is 9.81. The zero-order chi connectivity index (χ0) is 7.98. The minimum Gasteiger partial charge on any atom is -0.480 e. The smallest absolute Gasteiger partial charge is 0.327 e. The van der Waals surface area contributed by atoms with Crippen LogP contribution in [-0.4, -0.2) is 23.5 Å². The lowest BCUT2D eigenvalue weighted by molar-refractivity contribution is -0.135. The molecule has 0 unspecified atom stereocenters. The number of nitrogens with two attached hydrogens (primary N) is 1. The molecule has 0 amide bonds. The summed E-state index contributed by atoms with van der Waals surface area (Å²) in [7, 11) is 0. The van der Waals surface area contributed by atoms with Gasteiger partial charge in [-0.05, 0) is 12.1 Å². The number of carboxylic acid groups (broad SMARTS) is 1. The van der Waals surface area contributed by atoms with Crippen molar-refractivity contribution in [2.45, 2.75) is 6.92 Å². The largest absolute Gasteiger partial charge is 0.480 e. The summed E-state index contributed by atoms with van der Waals surface area (Å²) < 4.78 is 0. The first-order chi connectivity index (χ1) is 4.63. The maximum absolute atomic E-state index is 9.81. The number of rotatable bonds is 3. The van der Waals surface area contributed by atoms with Crippen LogP contribution in [0.5, 0.6) is 0 Å². The summed E-state index contributed by atoms with van der Waals surface area (Å²) in [5.74, 6) is -0.803. The number of amidine groups is 1. The Morgan fingerprint density at radius 2 is 2.30 bits per heavy atom. The van der Waals surface area contributed by atoms with Crippen molar-refractivity contribution in [1.82, 2.24) is 0 Å². The summed E-state index contributed by atoms with van der Waals surface area (Å²) in [6, 6.07) is 0. The quantitative estimate of drug-likeness (QED) is 0.248. The van der Waals surface area contributed by atoms with Gasteiger partial charge in [0.25, 0.3) is 0 Å². The van der Waals surface area contributed by atoms with Crippen LogP contribution in [0.3, 0.4) is 0 Å². The summed E-state index contributed by atoms with van der Waals surface area (Å²) in [5.41, 5.74) is 5.06. The molecule has 0 bridgehead atoms. The molecule has 0 atom stereocenters. The SMILES string of the molecule is CC(N)=NN=NCC(=O)O. The minimum atomic E-state index is -1.05. The molecule has 0 aromatic heterocycles. The van der Waals surface area contributed by atoms with Gasteiger partial charge < -0.3 is 10.8 Å². The van der Waals surface area contributed by atoms with E-state index in [-0.39, 0.29) is 12.4 Å². The first-order valence-corrected chi connectivity index (χ1v) is 2.51. The van der Waals surface area contributed by atoms with Crippen molar-refractivity contribution in [3.8, 4) is 0 Å². The Hall–Kier alpha value is -1.46. The topological polar surface area (TPSA) is 100 Å². The van der Waals surface area contributed by atoms with Crippen molar-refractivity contribution in [2.24, 2.45) is 21.2 Å². The van der Waals surface area contributed by atoms with Crippen LogP contribution in [-0.2, 0) is 4.79 Å². The molecule has 0 aromatic carbocycles. The molecule has 0 heterocycles. The van der Waals surface area contributed by atoms with Crippen LogP contribution < -0.4 is 5.73 Å². The van der Waals surface area contributed by atoms with Crippen molar-refractivity contribution in [3.63, 3.8) is 0 Å². The lowest BCUT2D eigenvalue weighted by Crippen LogP contribution is -2.03. The second kappa shape index (κ2) is 4.42.